The summed E-state index contributed by atoms with van der Waals surface area (Å²) in [5, 5.41) is 8.95. The third-order valence-electron chi connectivity index (χ3n) is 2.53. The summed E-state index contributed by atoms with van der Waals surface area (Å²) in [4.78, 5) is 3.67. The summed E-state index contributed by atoms with van der Waals surface area (Å²) in [6.45, 7) is -1.62. The van der Waals surface area contributed by atoms with Crippen molar-refractivity contribution in [3.63, 3.8) is 0 Å². The van der Waals surface area contributed by atoms with Crippen molar-refractivity contribution in [2.45, 2.75) is 13.5 Å². The van der Waals surface area contributed by atoms with Crippen LogP contribution < -0.4 is 0 Å². The van der Waals surface area contributed by atoms with E-state index in [1.54, 1.807) is 0 Å². The van der Waals surface area contributed by atoms with Gasteiger partial charge in [0.05, 0.1) is 10.7 Å². The highest BCUT2D eigenvalue weighted by molar-refractivity contribution is 6.33. The monoisotopic (exact) mass is 310 g/mol. The third-order valence-corrected chi connectivity index (χ3v) is 3.10. The molecule has 0 saturated heterocycles. The summed E-state index contributed by atoms with van der Waals surface area (Å²) in [6, 6.07) is 1.75. The normalized spacial score (nSPS) is 11.3. The lowest BCUT2D eigenvalue weighted by atomic mass is 10.1. The molecule has 2 aromatic rings. The quantitative estimate of drug-likeness (QED) is 0.892. The second-order valence-electron chi connectivity index (χ2n) is 3.73. The highest BCUT2D eigenvalue weighted by atomic mass is 35.5. The molecule has 0 unspecified atom stereocenters. The fourth-order valence-corrected chi connectivity index (χ4v) is 2.17. The Morgan fingerprint density at radius 1 is 1.32 bits per heavy atom. The lowest BCUT2D eigenvalue weighted by Crippen LogP contribution is -2.04. The summed E-state index contributed by atoms with van der Waals surface area (Å²) >= 11 is 11.3. The van der Waals surface area contributed by atoms with Crippen molar-refractivity contribution in [3.8, 4) is 17.0 Å². The van der Waals surface area contributed by atoms with Crippen LogP contribution in [0.15, 0.2) is 12.1 Å². The topological polar surface area (TPSA) is 38.1 Å². The van der Waals surface area contributed by atoms with Gasteiger partial charge in [-0.15, -0.1) is 0 Å². The van der Waals surface area contributed by atoms with Crippen molar-refractivity contribution in [1.29, 1.82) is 0 Å². The number of phenolic OH excluding ortho intramolecular Hbond substituents is 1. The standard InChI is InChI=1S/C11H7Cl2F3N2O/c1-4-17-10(13)9(18(4)11(15)16)5-2-8(19)6(12)3-7(5)14/h2-3,11,19H,1H3. The van der Waals surface area contributed by atoms with Crippen LogP contribution in [0.4, 0.5) is 13.2 Å². The van der Waals surface area contributed by atoms with E-state index >= 15 is 0 Å². The zero-order valence-electron chi connectivity index (χ0n) is 9.46. The van der Waals surface area contributed by atoms with Crippen LogP contribution in [0.25, 0.3) is 11.3 Å². The molecule has 0 fully saturated rings. The number of imidazole rings is 1. The number of rotatable bonds is 2. The first-order valence-corrected chi connectivity index (χ1v) is 5.79. The molecule has 2 rings (SSSR count). The Balaban J connectivity index is 2.75. The first-order chi connectivity index (χ1) is 8.82. The van der Waals surface area contributed by atoms with Crippen LogP contribution >= 0.6 is 23.2 Å². The maximum Gasteiger partial charge on any atom is 0.320 e. The van der Waals surface area contributed by atoms with E-state index in [-0.39, 0.29) is 27.3 Å². The van der Waals surface area contributed by atoms with Gasteiger partial charge in [-0.3, -0.25) is 4.57 Å². The molecule has 0 aliphatic heterocycles. The van der Waals surface area contributed by atoms with Gasteiger partial charge in [-0.1, -0.05) is 23.2 Å². The van der Waals surface area contributed by atoms with Gasteiger partial charge in [-0.2, -0.15) is 8.78 Å². The van der Waals surface area contributed by atoms with Crippen molar-refractivity contribution in [2.24, 2.45) is 0 Å². The van der Waals surface area contributed by atoms with Crippen molar-refractivity contribution in [1.82, 2.24) is 9.55 Å². The van der Waals surface area contributed by atoms with Crippen LogP contribution in [0.1, 0.15) is 12.4 Å². The fraction of sp³-hybridized carbons (Fsp3) is 0.182. The average molecular weight is 311 g/mol. The minimum Gasteiger partial charge on any atom is -0.506 e. The van der Waals surface area contributed by atoms with E-state index in [1.165, 1.54) is 6.92 Å². The zero-order chi connectivity index (χ0) is 14.3. The van der Waals surface area contributed by atoms with Gasteiger partial charge in [0.25, 0.3) is 0 Å². The van der Waals surface area contributed by atoms with Crippen molar-refractivity contribution < 1.29 is 18.3 Å². The van der Waals surface area contributed by atoms with E-state index in [4.69, 9.17) is 23.2 Å². The SMILES string of the molecule is Cc1nc(Cl)c(-c2cc(O)c(Cl)cc2F)n1C(F)F. The molecule has 0 bridgehead atoms. The number of halogens is 5. The van der Waals surface area contributed by atoms with E-state index < -0.39 is 18.1 Å². The Labute approximate surface area is 116 Å². The van der Waals surface area contributed by atoms with Crippen LogP contribution in [-0.4, -0.2) is 14.7 Å². The number of aryl methyl sites for hydroxylation is 1. The molecule has 1 aromatic heterocycles. The Kier molecular flexibility index (Phi) is 3.64. The maximum atomic E-state index is 13.8. The van der Waals surface area contributed by atoms with Gasteiger partial charge >= 0.3 is 6.55 Å². The van der Waals surface area contributed by atoms with Crippen LogP contribution in [0, 0.1) is 12.7 Å². The largest absolute Gasteiger partial charge is 0.506 e. The molecular weight excluding hydrogens is 304 g/mol. The van der Waals surface area contributed by atoms with E-state index in [0.717, 1.165) is 12.1 Å². The molecule has 0 aliphatic rings. The number of hydrogen-bond acceptors (Lipinski definition) is 2. The Bertz CT molecular complexity index is 643. The van der Waals surface area contributed by atoms with E-state index in [2.05, 4.69) is 4.98 Å². The maximum absolute atomic E-state index is 13.8. The molecule has 1 heterocycles. The second kappa shape index (κ2) is 4.94. The van der Waals surface area contributed by atoms with Crippen molar-refractivity contribution >= 4 is 23.2 Å². The van der Waals surface area contributed by atoms with E-state index in [1.807, 2.05) is 0 Å². The number of aromatic hydroxyl groups is 1. The van der Waals surface area contributed by atoms with Crippen LogP contribution in [0.3, 0.4) is 0 Å². The van der Waals surface area contributed by atoms with Gasteiger partial charge in [0.2, 0.25) is 0 Å². The minimum absolute atomic E-state index is 0.0659. The predicted octanol–water partition coefficient (Wildman–Crippen LogP) is 4.41. The second-order valence-corrected chi connectivity index (χ2v) is 4.49. The molecule has 0 amide bonds. The summed E-state index contributed by atoms with van der Waals surface area (Å²) < 4.78 is 40.2. The van der Waals surface area contributed by atoms with Crippen LogP contribution in [-0.2, 0) is 0 Å². The molecule has 0 radical (unpaired) electrons. The van der Waals surface area contributed by atoms with Gasteiger partial charge in [0.1, 0.15) is 17.4 Å². The predicted molar refractivity (Wildman–Crippen MR) is 65.3 cm³/mol. The molecule has 0 atom stereocenters. The average Bonchev–Trinajstić information content (AvgIpc) is 2.59. The Morgan fingerprint density at radius 3 is 2.53 bits per heavy atom. The van der Waals surface area contributed by atoms with Crippen LogP contribution in [0.2, 0.25) is 10.2 Å². The first kappa shape index (κ1) is 14.0. The molecule has 19 heavy (non-hydrogen) atoms. The fourth-order valence-electron chi connectivity index (χ4n) is 1.71. The first-order valence-electron chi connectivity index (χ1n) is 5.03. The Morgan fingerprint density at radius 2 is 1.95 bits per heavy atom. The van der Waals surface area contributed by atoms with Gasteiger partial charge in [0, 0.05) is 5.56 Å². The number of nitrogens with zero attached hydrogens (tertiary/aromatic N) is 2. The van der Waals surface area contributed by atoms with Gasteiger partial charge in [0.15, 0.2) is 5.15 Å². The number of phenols is 1. The van der Waals surface area contributed by atoms with Crippen molar-refractivity contribution in [2.75, 3.05) is 0 Å². The highest BCUT2D eigenvalue weighted by Crippen LogP contribution is 2.37. The summed E-state index contributed by atoms with van der Waals surface area (Å²) in [5.74, 6) is -1.39. The molecular formula is C11H7Cl2F3N2O. The molecule has 1 aromatic carbocycles. The zero-order valence-corrected chi connectivity index (χ0v) is 11.0. The number of benzene rings is 1. The van der Waals surface area contributed by atoms with E-state index in [9.17, 15) is 18.3 Å². The molecule has 1 N–H and O–H groups in total. The molecule has 0 saturated carbocycles. The lowest BCUT2D eigenvalue weighted by molar-refractivity contribution is 0.0697. The third kappa shape index (κ3) is 2.37. The highest BCUT2D eigenvalue weighted by Gasteiger charge is 2.24. The Hall–Kier alpha value is -1.40. The molecule has 0 spiro atoms. The van der Waals surface area contributed by atoms with E-state index in [0.29, 0.717) is 4.57 Å². The van der Waals surface area contributed by atoms with Crippen molar-refractivity contribution in [3.05, 3.63) is 34.0 Å². The molecule has 3 nitrogen and oxygen atoms in total. The van der Waals surface area contributed by atoms with Gasteiger partial charge in [-0.05, 0) is 19.1 Å². The molecule has 8 heteroatoms. The number of aromatic nitrogens is 2. The van der Waals surface area contributed by atoms with Crippen LogP contribution in [0.5, 0.6) is 5.75 Å². The molecule has 102 valence electrons. The van der Waals surface area contributed by atoms with Gasteiger partial charge < -0.3 is 5.11 Å². The summed E-state index contributed by atoms with van der Waals surface area (Å²) in [6.07, 6.45) is 0. The summed E-state index contributed by atoms with van der Waals surface area (Å²) in [5.41, 5.74) is -0.605. The number of alkyl halides is 2. The smallest absolute Gasteiger partial charge is 0.320 e. The molecule has 0 aliphatic carbocycles. The lowest BCUT2D eigenvalue weighted by Gasteiger charge is -2.11. The summed E-state index contributed by atoms with van der Waals surface area (Å²) in [7, 11) is 0. The number of hydrogen-bond donors (Lipinski definition) is 1. The van der Waals surface area contributed by atoms with Gasteiger partial charge in [-0.25, -0.2) is 9.37 Å². The minimum atomic E-state index is -2.94.